The van der Waals surface area contributed by atoms with Crippen LogP contribution >= 0.6 is 0 Å². The molecule has 0 saturated heterocycles. The summed E-state index contributed by atoms with van der Waals surface area (Å²) in [6.45, 7) is 9.99. The Balaban J connectivity index is 1.17. The number of hydrogen-bond donors (Lipinski definition) is 0. The van der Waals surface area contributed by atoms with Crippen molar-refractivity contribution in [3.8, 4) is 0 Å². The Morgan fingerprint density at radius 3 is 2.43 bits per heavy atom. The average Bonchev–Trinajstić information content (AvgIpc) is 3.19. The highest BCUT2D eigenvalue weighted by Gasteiger charge is 2.60. The lowest BCUT2D eigenvalue weighted by molar-refractivity contribution is -0.114. The van der Waals surface area contributed by atoms with Crippen LogP contribution in [0.5, 0.6) is 0 Å². The van der Waals surface area contributed by atoms with E-state index in [4.69, 9.17) is 4.18 Å². The third-order valence-electron chi connectivity index (χ3n) is 11.7. The summed E-state index contributed by atoms with van der Waals surface area (Å²) in [6.07, 6.45) is 16.4. The van der Waals surface area contributed by atoms with Crippen LogP contribution in [0, 0.1) is 53.3 Å². The van der Waals surface area contributed by atoms with Gasteiger partial charge >= 0.3 is 0 Å². The second kappa shape index (κ2) is 9.78. The second-order valence-electron chi connectivity index (χ2n) is 13.3. The first-order chi connectivity index (χ1) is 16.6. The number of aryl methyl sites for hydroxylation is 1. The maximum absolute atomic E-state index is 12.5. The standard InChI is InChI=1S/C31H48O3S/c1-22-10-13-25(14-11-22)35(32,33)34-21-7-8-23(2)27-16-17-28-26-15-12-24-9-5-6-19-30(24,3)29(26)18-20-31(27,28)4/h10-11,13-14,23-24,26-29H,5-9,12,15-21H2,1-4H3. The monoisotopic (exact) mass is 500 g/mol. The quantitative estimate of drug-likeness (QED) is 0.280. The minimum absolute atomic E-state index is 0.264. The van der Waals surface area contributed by atoms with Gasteiger partial charge in [0.2, 0.25) is 0 Å². The highest BCUT2D eigenvalue weighted by atomic mass is 32.2. The van der Waals surface area contributed by atoms with Gasteiger partial charge in [0.15, 0.2) is 0 Å². The van der Waals surface area contributed by atoms with Crippen molar-refractivity contribution in [3.05, 3.63) is 29.8 Å². The molecule has 0 heterocycles. The number of benzene rings is 1. The van der Waals surface area contributed by atoms with Gasteiger partial charge in [-0.25, -0.2) is 0 Å². The van der Waals surface area contributed by atoms with Crippen LogP contribution in [-0.4, -0.2) is 15.0 Å². The Bertz CT molecular complexity index is 985. The zero-order chi connectivity index (χ0) is 24.8. The maximum atomic E-state index is 12.5. The van der Waals surface area contributed by atoms with Crippen LogP contribution in [0.2, 0.25) is 0 Å². The molecular formula is C31H48O3S. The third kappa shape index (κ3) is 4.65. The van der Waals surface area contributed by atoms with Gasteiger partial charge in [-0.05, 0) is 130 Å². The molecule has 3 nitrogen and oxygen atoms in total. The lowest BCUT2D eigenvalue weighted by atomic mass is 9.44. The molecule has 0 spiro atoms. The first kappa shape index (κ1) is 25.8. The topological polar surface area (TPSA) is 43.4 Å². The van der Waals surface area contributed by atoms with E-state index < -0.39 is 10.1 Å². The molecule has 0 bridgehead atoms. The Morgan fingerprint density at radius 2 is 1.66 bits per heavy atom. The molecule has 0 amide bonds. The van der Waals surface area contributed by atoms with Gasteiger partial charge in [-0.3, -0.25) is 4.18 Å². The molecule has 4 aliphatic carbocycles. The van der Waals surface area contributed by atoms with Gasteiger partial charge in [0.25, 0.3) is 10.1 Å². The smallest absolute Gasteiger partial charge is 0.266 e. The molecule has 8 atom stereocenters. The van der Waals surface area contributed by atoms with Gasteiger partial charge in [0, 0.05) is 0 Å². The van der Waals surface area contributed by atoms with E-state index in [-0.39, 0.29) is 11.5 Å². The molecule has 0 aliphatic heterocycles. The molecule has 1 aromatic rings. The molecule has 0 radical (unpaired) electrons. The summed E-state index contributed by atoms with van der Waals surface area (Å²) < 4.78 is 30.4. The van der Waals surface area contributed by atoms with E-state index in [1.165, 1.54) is 64.2 Å². The zero-order valence-corrected chi connectivity index (χ0v) is 23.4. The van der Waals surface area contributed by atoms with E-state index in [9.17, 15) is 8.42 Å². The van der Waals surface area contributed by atoms with Gasteiger partial charge in [0.1, 0.15) is 0 Å². The van der Waals surface area contributed by atoms with Crippen molar-refractivity contribution in [3.63, 3.8) is 0 Å². The van der Waals surface area contributed by atoms with Gasteiger partial charge in [0.05, 0.1) is 11.5 Å². The van der Waals surface area contributed by atoms with Crippen LogP contribution in [0.15, 0.2) is 29.2 Å². The molecule has 196 valence electrons. The van der Waals surface area contributed by atoms with Crippen molar-refractivity contribution in [1.82, 2.24) is 0 Å². The lowest BCUT2D eigenvalue weighted by Crippen LogP contribution is -2.53. The van der Waals surface area contributed by atoms with Gasteiger partial charge < -0.3 is 0 Å². The molecular weight excluding hydrogens is 452 g/mol. The average molecular weight is 501 g/mol. The summed E-state index contributed by atoms with van der Waals surface area (Å²) in [5.41, 5.74) is 2.15. The SMILES string of the molecule is Cc1ccc(S(=O)(=O)OCCCC(C)C2CCC3C4CCC5CCCCC5(C)C4CCC23C)cc1. The van der Waals surface area contributed by atoms with Crippen LogP contribution in [0.1, 0.15) is 103 Å². The Kier molecular flexibility index (Phi) is 7.20. The van der Waals surface area contributed by atoms with Gasteiger partial charge in [-0.15, -0.1) is 0 Å². The van der Waals surface area contributed by atoms with Gasteiger partial charge in [-0.1, -0.05) is 51.3 Å². The minimum Gasteiger partial charge on any atom is -0.266 e. The van der Waals surface area contributed by atoms with Crippen LogP contribution in [0.25, 0.3) is 0 Å². The van der Waals surface area contributed by atoms with Crippen molar-refractivity contribution in [1.29, 1.82) is 0 Å². The van der Waals surface area contributed by atoms with Gasteiger partial charge in [-0.2, -0.15) is 8.42 Å². The van der Waals surface area contributed by atoms with Crippen LogP contribution in [-0.2, 0) is 14.3 Å². The molecule has 8 unspecified atom stereocenters. The van der Waals surface area contributed by atoms with Crippen molar-refractivity contribution < 1.29 is 12.6 Å². The normalized spacial score (nSPS) is 39.9. The van der Waals surface area contributed by atoms with Crippen LogP contribution in [0.3, 0.4) is 0 Å². The molecule has 4 aliphatic rings. The fourth-order valence-corrected chi connectivity index (χ4v) is 10.8. The summed E-state index contributed by atoms with van der Waals surface area (Å²) in [5, 5.41) is 0. The first-order valence-electron chi connectivity index (χ1n) is 14.6. The number of fused-ring (bicyclic) bond motifs is 5. The zero-order valence-electron chi connectivity index (χ0n) is 22.6. The number of rotatable bonds is 7. The third-order valence-corrected chi connectivity index (χ3v) is 13.0. The molecule has 4 saturated carbocycles. The predicted molar refractivity (Wildman–Crippen MR) is 143 cm³/mol. The lowest BCUT2D eigenvalue weighted by Gasteiger charge is -2.61. The second-order valence-corrected chi connectivity index (χ2v) is 15.0. The molecule has 1 aromatic carbocycles. The van der Waals surface area contributed by atoms with Crippen molar-refractivity contribution in [2.75, 3.05) is 6.61 Å². The molecule has 4 fully saturated rings. The first-order valence-corrected chi connectivity index (χ1v) is 16.0. The highest BCUT2D eigenvalue weighted by Crippen LogP contribution is 2.68. The van der Waals surface area contributed by atoms with Crippen molar-refractivity contribution >= 4 is 10.1 Å². The highest BCUT2D eigenvalue weighted by molar-refractivity contribution is 7.86. The fourth-order valence-electron chi connectivity index (χ4n) is 9.82. The largest absolute Gasteiger partial charge is 0.296 e. The van der Waals surface area contributed by atoms with Crippen molar-refractivity contribution in [2.45, 2.75) is 110 Å². The predicted octanol–water partition coefficient (Wildman–Crippen LogP) is 8.17. The molecule has 35 heavy (non-hydrogen) atoms. The van der Waals surface area contributed by atoms with Crippen LogP contribution < -0.4 is 0 Å². The van der Waals surface area contributed by atoms with E-state index in [0.717, 1.165) is 48.0 Å². The Morgan fingerprint density at radius 1 is 0.914 bits per heavy atom. The summed E-state index contributed by atoms with van der Waals surface area (Å²) in [7, 11) is -3.65. The summed E-state index contributed by atoms with van der Waals surface area (Å²) >= 11 is 0. The Labute approximate surface area is 214 Å². The van der Waals surface area contributed by atoms with E-state index >= 15 is 0 Å². The van der Waals surface area contributed by atoms with Crippen LogP contribution in [0.4, 0.5) is 0 Å². The van der Waals surface area contributed by atoms with E-state index in [2.05, 4.69) is 20.8 Å². The molecule has 0 N–H and O–H groups in total. The maximum Gasteiger partial charge on any atom is 0.296 e. The molecule has 0 aromatic heterocycles. The summed E-state index contributed by atoms with van der Waals surface area (Å²) in [4.78, 5) is 0.264. The Hall–Kier alpha value is -0.870. The van der Waals surface area contributed by atoms with Crippen molar-refractivity contribution in [2.24, 2.45) is 46.3 Å². The van der Waals surface area contributed by atoms with E-state index in [1.807, 2.05) is 19.1 Å². The van der Waals surface area contributed by atoms with E-state index in [0.29, 0.717) is 16.7 Å². The molecule has 5 rings (SSSR count). The summed E-state index contributed by atoms with van der Waals surface area (Å²) in [6, 6.07) is 6.94. The fraction of sp³-hybridized carbons (Fsp3) is 0.806. The summed E-state index contributed by atoms with van der Waals surface area (Å²) in [5.74, 6) is 5.23. The minimum atomic E-state index is -3.65. The number of hydrogen-bond acceptors (Lipinski definition) is 3. The molecule has 4 heteroatoms. The van der Waals surface area contributed by atoms with E-state index in [1.54, 1.807) is 12.1 Å².